The average Bonchev–Trinajstić information content (AvgIpc) is 3.23. The monoisotopic (exact) mass is 272 g/mol. The predicted octanol–water partition coefficient (Wildman–Crippen LogP) is 2.20. The van der Waals surface area contributed by atoms with Gasteiger partial charge in [0.05, 0.1) is 0 Å². The third-order valence-electron chi connectivity index (χ3n) is 4.69. The Balaban J connectivity index is 0.00000120. The number of halogens is 1. The van der Waals surface area contributed by atoms with Crippen LogP contribution in [-0.4, -0.2) is 36.5 Å². The van der Waals surface area contributed by atoms with E-state index in [0.29, 0.717) is 11.9 Å². The smallest absolute Gasteiger partial charge is 0.228 e. The van der Waals surface area contributed by atoms with E-state index in [2.05, 4.69) is 17.1 Å². The summed E-state index contributed by atoms with van der Waals surface area (Å²) in [6, 6.07) is 0.659. The summed E-state index contributed by atoms with van der Waals surface area (Å²) in [5, 5.41) is 3.66. The van der Waals surface area contributed by atoms with Crippen LogP contribution in [0.25, 0.3) is 0 Å². The van der Waals surface area contributed by atoms with Crippen molar-refractivity contribution in [1.29, 1.82) is 0 Å². The quantitative estimate of drug-likeness (QED) is 0.851. The Morgan fingerprint density at radius 2 is 1.83 bits per heavy atom. The lowest BCUT2D eigenvalue weighted by atomic mass is 10.0. The molecule has 4 heteroatoms. The van der Waals surface area contributed by atoms with Crippen molar-refractivity contribution in [3.63, 3.8) is 0 Å². The van der Waals surface area contributed by atoms with Gasteiger partial charge in [-0.05, 0) is 51.0 Å². The highest BCUT2D eigenvalue weighted by Crippen LogP contribution is 2.46. The number of hydrogen-bond donors (Lipinski definition) is 1. The maximum absolute atomic E-state index is 12.2. The molecule has 0 unspecified atom stereocenters. The number of rotatable bonds is 4. The van der Waals surface area contributed by atoms with Crippen LogP contribution in [0.3, 0.4) is 0 Å². The minimum atomic E-state index is 0. The van der Waals surface area contributed by atoms with E-state index in [1.807, 2.05) is 0 Å². The third-order valence-corrected chi connectivity index (χ3v) is 4.69. The van der Waals surface area contributed by atoms with E-state index in [9.17, 15) is 4.79 Å². The molecule has 3 nitrogen and oxygen atoms in total. The van der Waals surface area contributed by atoms with Gasteiger partial charge in [0.2, 0.25) is 5.91 Å². The van der Waals surface area contributed by atoms with Gasteiger partial charge in [0.15, 0.2) is 0 Å². The molecule has 1 heterocycles. The van der Waals surface area contributed by atoms with Crippen LogP contribution in [0.4, 0.5) is 0 Å². The number of nitrogens with zero attached hydrogens (tertiary/aromatic N) is 1. The van der Waals surface area contributed by atoms with Crippen LogP contribution in [0.15, 0.2) is 0 Å². The van der Waals surface area contributed by atoms with Gasteiger partial charge in [-0.25, -0.2) is 0 Å². The van der Waals surface area contributed by atoms with Crippen LogP contribution in [0, 0.1) is 11.3 Å². The molecule has 1 amide bonds. The van der Waals surface area contributed by atoms with Crippen LogP contribution in [0.1, 0.15) is 45.4 Å². The van der Waals surface area contributed by atoms with Gasteiger partial charge in [0, 0.05) is 24.5 Å². The van der Waals surface area contributed by atoms with Crippen LogP contribution in [0.5, 0.6) is 0 Å². The van der Waals surface area contributed by atoms with Crippen molar-refractivity contribution in [2.45, 2.75) is 51.5 Å². The number of amides is 1. The molecule has 2 saturated carbocycles. The maximum Gasteiger partial charge on any atom is 0.228 e. The zero-order valence-corrected chi connectivity index (χ0v) is 12.1. The van der Waals surface area contributed by atoms with Gasteiger partial charge in [-0.15, -0.1) is 12.4 Å². The zero-order chi connectivity index (χ0) is 11.9. The number of carbonyl (C=O) groups excluding carboxylic acids is 1. The average molecular weight is 273 g/mol. The Labute approximate surface area is 116 Å². The van der Waals surface area contributed by atoms with Crippen LogP contribution >= 0.6 is 12.4 Å². The lowest BCUT2D eigenvalue weighted by Gasteiger charge is -2.34. The van der Waals surface area contributed by atoms with Gasteiger partial charge in [0.25, 0.3) is 0 Å². The van der Waals surface area contributed by atoms with Gasteiger partial charge in [-0.3, -0.25) is 4.79 Å². The largest absolute Gasteiger partial charge is 0.342 e. The summed E-state index contributed by atoms with van der Waals surface area (Å²) in [6.07, 6.45) is 7.34. The van der Waals surface area contributed by atoms with Gasteiger partial charge >= 0.3 is 0 Å². The van der Waals surface area contributed by atoms with E-state index in [1.165, 1.54) is 19.4 Å². The number of likely N-dealkylation sites (tertiary alicyclic amines) is 1. The van der Waals surface area contributed by atoms with E-state index in [4.69, 9.17) is 0 Å². The minimum Gasteiger partial charge on any atom is -0.342 e. The maximum atomic E-state index is 12.2. The SMILES string of the molecule is CC1(C(=O)N2CCC(NCC3CC3)CC2)CC1.Cl. The Morgan fingerprint density at radius 1 is 1.22 bits per heavy atom. The molecule has 1 saturated heterocycles. The van der Waals surface area contributed by atoms with Gasteiger partial charge in [-0.1, -0.05) is 6.92 Å². The van der Waals surface area contributed by atoms with Crippen molar-refractivity contribution in [3.05, 3.63) is 0 Å². The van der Waals surface area contributed by atoms with Crippen LogP contribution < -0.4 is 5.32 Å². The van der Waals surface area contributed by atoms with Gasteiger partial charge < -0.3 is 10.2 Å². The topological polar surface area (TPSA) is 32.3 Å². The van der Waals surface area contributed by atoms with Crippen LogP contribution in [-0.2, 0) is 4.79 Å². The fraction of sp³-hybridized carbons (Fsp3) is 0.929. The normalized spacial score (nSPS) is 26.6. The first kappa shape index (κ1) is 14.1. The molecule has 0 bridgehead atoms. The number of hydrogen-bond acceptors (Lipinski definition) is 2. The first-order valence-electron chi connectivity index (χ1n) is 7.20. The molecule has 104 valence electrons. The van der Waals surface area contributed by atoms with Crippen molar-refractivity contribution in [2.24, 2.45) is 11.3 Å². The zero-order valence-electron chi connectivity index (χ0n) is 11.3. The third kappa shape index (κ3) is 3.18. The number of piperidine rings is 1. The summed E-state index contributed by atoms with van der Waals surface area (Å²) < 4.78 is 0. The van der Waals surface area contributed by atoms with E-state index >= 15 is 0 Å². The highest BCUT2D eigenvalue weighted by molar-refractivity contribution is 5.85. The van der Waals surface area contributed by atoms with Crippen molar-refractivity contribution >= 4 is 18.3 Å². The van der Waals surface area contributed by atoms with E-state index in [1.54, 1.807) is 0 Å². The summed E-state index contributed by atoms with van der Waals surface area (Å²) in [5.41, 5.74) is 0.0221. The molecule has 0 aromatic heterocycles. The van der Waals surface area contributed by atoms with Gasteiger partial charge in [-0.2, -0.15) is 0 Å². The lowest BCUT2D eigenvalue weighted by Crippen LogP contribution is -2.47. The summed E-state index contributed by atoms with van der Waals surface area (Å²) in [7, 11) is 0. The number of carbonyl (C=O) groups is 1. The first-order chi connectivity index (χ1) is 8.17. The van der Waals surface area contributed by atoms with Crippen molar-refractivity contribution in [3.8, 4) is 0 Å². The molecular weight excluding hydrogens is 248 g/mol. The van der Waals surface area contributed by atoms with E-state index < -0.39 is 0 Å². The fourth-order valence-corrected chi connectivity index (χ4v) is 2.73. The molecule has 0 radical (unpaired) electrons. The highest BCUT2D eigenvalue weighted by Gasteiger charge is 2.47. The molecular formula is C14H25ClN2O. The molecule has 1 aliphatic heterocycles. The predicted molar refractivity (Wildman–Crippen MR) is 74.9 cm³/mol. The van der Waals surface area contributed by atoms with Crippen LogP contribution in [0.2, 0.25) is 0 Å². The highest BCUT2D eigenvalue weighted by atomic mass is 35.5. The van der Waals surface area contributed by atoms with Crippen molar-refractivity contribution in [2.75, 3.05) is 19.6 Å². The molecule has 2 aliphatic carbocycles. The Kier molecular flexibility index (Phi) is 4.22. The summed E-state index contributed by atoms with van der Waals surface area (Å²) in [6.45, 7) is 5.26. The second kappa shape index (κ2) is 5.38. The second-order valence-electron chi connectivity index (χ2n) is 6.48. The first-order valence-corrected chi connectivity index (χ1v) is 7.20. The van der Waals surface area contributed by atoms with E-state index in [0.717, 1.165) is 44.7 Å². The lowest BCUT2D eigenvalue weighted by molar-refractivity contribution is -0.137. The summed E-state index contributed by atoms with van der Waals surface area (Å²) >= 11 is 0. The molecule has 0 spiro atoms. The standard InChI is InChI=1S/C14H24N2O.ClH/c1-14(6-7-14)13(17)16-8-4-12(5-9-16)15-10-11-2-3-11;/h11-12,15H,2-10H2,1H3;1H. The molecule has 0 atom stereocenters. The molecule has 3 fully saturated rings. The molecule has 0 aromatic rings. The van der Waals surface area contributed by atoms with Crippen molar-refractivity contribution in [1.82, 2.24) is 10.2 Å². The van der Waals surface area contributed by atoms with E-state index in [-0.39, 0.29) is 17.8 Å². The molecule has 18 heavy (non-hydrogen) atoms. The molecule has 0 aromatic carbocycles. The minimum absolute atomic E-state index is 0. The molecule has 3 aliphatic rings. The Bertz CT molecular complexity index is 305. The summed E-state index contributed by atoms with van der Waals surface area (Å²) in [4.78, 5) is 14.3. The Hall–Kier alpha value is -0.280. The molecule has 3 rings (SSSR count). The van der Waals surface area contributed by atoms with Crippen molar-refractivity contribution < 1.29 is 4.79 Å². The number of nitrogens with one attached hydrogen (secondary N) is 1. The second-order valence-corrected chi connectivity index (χ2v) is 6.48. The van der Waals surface area contributed by atoms with Gasteiger partial charge in [0.1, 0.15) is 0 Å². The summed E-state index contributed by atoms with van der Waals surface area (Å²) in [5.74, 6) is 1.37. The fourth-order valence-electron chi connectivity index (χ4n) is 2.73. The molecule has 1 N–H and O–H groups in total. The Morgan fingerprint density at radius 3 is 2.33 bits per heavy atom.